The molecular formula is C19H18N2O4. The Kier molecular flexibility index (Phi) is 4.52. The van der Waals surface area contributed by atoms with Gasteiger partial charge in [0.1, 0.15) is 6.04 Å². The molecule has 2 aromatic carbocycles. The molecular weight excluding hydrogens is 320 g/mol. The predicted molar refractivity (Wildman–Crippen MR) is 93.5 cm³/mol. The molecule has 1 fully saturated rings. The number of nitrogens with one attached hydrogen (secondary N) is 1. The zero-order chi connectivity index (χ0) is 18.0. The van der Waals surface area contributed by atoms with Gasteiger partial charge in [-0.25, -0.2) is 9.69 Å². The molecule has 1 heterocycles. The fourth-order valence-electron chi connectivity index (χ4n) is 2.73. The van der Waals surface area contributed by atoms with Crippen LogP contribution >= 0.6 is 0 Å². The molecule has 25 heavy (non-hydrogen) atoms. The summed E-state index contributed by atoms with van der Waals surface area (Å²) >= 11 is 0. The maximum Gasteiger partial charge on any atom is 0.337 e. The highest BCUT2D eigenvalue weighted by Gasteiger charge is 2.39. The number of imide groups is 1. The lowest BCUT2D eigenvalue weighted by atomic mass is 10.2. The molecule has 1 aliphatic heterocycles. The van der Waals surface area contributed by atoms with Gasteiger partial charge >= 0.3 is 5.97 Å². The number of hydrogen-bond donors (Lipinski definition) is 1. The maximum absolute atomic E-state index is 12.6. The van der Waals surface area contributed by atoms with E-state index in [-0.39, 0.29) is 18.2 Å². The van der Waals surface area contributed by atoms with Crippen molar-refractivity contribution in [2.45, 2.75) is 19.4 Å². The van der Waals surface area contributed by atoms with E-state index in [4.69, 9.17) is 0 Å². The zero-order valence-electron chi connectivity index (χ0n) is 14.0. The van der Waals surface area contributed by atoms with E-state index in [0.29, 0.717) is 11.3 Å². The predicted octanol–water partition coefficient (Wildman–Crippen LogP) is 2.53. The van der Waals surface area contributed by atoms with Crippen molar-refractivity contribution in [3.8, 4) is 0 Å². The first-order valence-corrected chi connectivity index (χ1v) is 7.88. The van der Waals surface area contributed by atoms with Gasteiger partial charge in [0.15, 0.2) is 0 Å². The van der Waals surface area contributed by atoms with Gasteiger partial charge in [0.05, 0.1) is 24.8 Å². The first kappa shape index (κ1) is 16.7. The Labute approximate surface area is 145 Å². The molecule has 2 aromatic rings. The number of ether oxygens (including phenoxy) is 1. The molecule has 1 aliphatic rings. The van der Waals surface area contributed by atoms with E-state index >= 15 is 0 Å². The lowest BCUT2D eigenvalue weighted by Crippen LogP contribution is -2.34. The van der Waals surface area contributed by atoms with Gasteiger partial charge in [-0.2, -0.15) is 0 Å². The average Bonchev–Trinajstić information content (AvgIpc) is 2.90. The van der Waals surface area contributed by atoms with Gasteiger partial charge in [0.25, 0.3) is 5.91 Å². The summed E-state index contributed by atoms with van der Waals surface area (Å²) in [5.74, 6) is -1.05. The Hall–Kier alpha value is -3.15. The van der Waals surface area contributed by atoms with Crippen LogP contribution < -0.4 is 10.2 Å². The third-order valence-electron chi connectivity index (χ3n) is 4.09. The number of hydrogen-bond acceptors (Lipinski definition) is 5. The number of methoxy groups -OCH3 is 1. The van der Waals surface area contributed by atoms with Crippen molar-refractivity contribution in [2.24, 2.45) is 0 Å². The minimum Gasteiger partial charge on any atom is -0.465 e. The van der Waals surface area contributed by atoms with E-state index in [1.807, 2.05) is 31.2 Å². The van der Waals surface area contributed by atoms with Crippen LogP contribution in [-0.4, -0.2) is 30.9 Å². The molecule has 128 valence electrons. The number of aryl methyl sites for hydroxylation is 1. The van der Waals surface area contributed by atoms with Crippen LogP contribution in [0.15, 0.2) is 48.5 Å². The van der Waals surface area contributed by atoms with Crippen LogP contribution in [0.1, 0.15) is 22.3 Å². The Morgan fingerprint density at radius 2 is 1.72 bits per heavy atom. The molecule has 3 rings (SSSR count). The number of carbonyl (C=O) groups is 3. The summed E-state index contributed by atoms with van der Waals surface area (Å²) in [5, 5.41) is 3.10. The van der Waals surface area contributed by atoms with Gasteiger partial charge < -0.3 is 10.1 Å². The molecule has 6 nitrogen and oxygen atoms in total. The fourth-order valence-corrected chi connectivity index (χ4v) is 2.73. The average molecular weight is 338 g/mol. The standard InChI is InChI=1S/C19H18N2O4/c1-12-3-7-14(8-4-12)20-16-11-17(22)21(18(16)23)15-9-5-13(6-10-15)19(24)25-2/h3-10,16,20H,11H2,1-2H3. The first-order chi connectivity index (χ1) is 12.0. The highest BCUT2D eigenvalue weighted by molar-refractivity contribution is 6.23. The molecule has 0 bridgehead atoms. The van der Waals surface area contributed by atoms with Crippen LogP contribution in [-0.2, 0) is 14.3 Å². The summed E-state index contributed by atoms with van der Waals surface area (Å²) in [6, 6.07) is 13.2. The summed E-state index contributed by atoms with van der Waals surface area (Å²) in [5.41, 5.74) is 2.71. The molecule has 1 N–H and O–H groups in total. The van der Waals surface area contributed by atoms with Gasteiger partial charge in [-0.1, -0.05) is 17.7 Å². The maximum atomic E-state index is 12.6. The number of benzene rings is 2. The van der Waals surface area contributed by atoms with Crippen molar-refractivity contribution in [2.75, 3.05) is 17.3 Å². The second kappa shape index (κ2) is 6.76. The van der Waals surface area contributed by atoms with Crippen molar-refractivity contribution in [3.63, 3.8) is 0 Å². The summed E-state index contributed by atoms with van der Waals surface area (Å²) in [6.07, 6.45) is 0.0888. The van der Waals surface area contributed by atoms with Gasteiger partial charge in [-0.15, -0.1) is 0 Å². The van der Waals surface area contributed by atoms with Crippen molar-refractivity contribution >= 4 is 29.2 Å². The van der Waals surface area contributed by atoms with E-state index in [9.17, 15) is 14.4 Å². The molecule has 1 unspecified atom stereocenters. The van der Waals surface area contributed by atoms with Crippen molar-refractivity contribution < 1.29 is 19.1 Å². The van der Waals surface area contributed by atoms with Gasteiger partial charge in [-0.3, -0.25) is 9.59 Å². The van der Waals surface area contributed by atoms with Crippen LogP contribution in [0.25, 0.3) is 0 Å². The second-order valence-electron chi connectivity index (χ2n) is 5.87. The first-order valence-electron chi connectivity index (χ1n) is 7.88. The Morgan fingerprint density at radius 3 is 2.32 bits per heavy atom. The highest BCUT2D eigenvalue weighted by Crippen LogP contribution is 2.25. The second-order valence-corrected chi connectivity index (χ2v) is 5.87. The number of esters is 1. The van der Waals surface area contributed by atoms with Gasteiger partial charge in [0.2, 0.25) is 5.91 Å². The topological polar surface area (TPSA) is 75.7 Å². The highest BCUT2D eigenvalue weighted by atomic mass is 16.5. The fraction of sp³-hybridized carbons (Fsp3) is 0.211. The molecule has 0 aliphatic carbocycles. The van der Waals surface area contributed by atoms with Crippen molar-refractivity contribution in [1.82, 2.24) is 0 Å². The molecule has 0 radical (unpaired) electrons. The minimum atomic E-state index is -0.601. The smallest absolute Gasteiger partial charge is 0.337 e. The molecule has 1 atom stereocenters. The molecule has 6 heteroatoms. The number of nitrogens with zero attached hydrogens (tertiary/aromatic N) is 1. The number of carbonyl (C=O) groups excluding carboxylic acids is 3. The number of amides is 2. The van der Waals surface area contributed by atoms with Crippen LogP contribution in [0.4, 0.5) is 11.4 Å². The normalized spacial score (nSPS) is 16.9. The summed E-state index contributed by atoms with van der Waals surface area (Å²) in [4.78, 5) is 37.5. The van der Waals surface area contributed by atoms with E-state index in [1.54, 1.807) is 12.1 Å². The Morgan fingerprint density at radius 1 is 1.08 bits per heavy atom. The lowest BCUT2D eigenvalue weighted by molar-refractivity contribution is -0.121. The SMILES string of the molecule is COC(=O)c1ccc(N2C(=O)CC(Nc3ccc(C)cc3)C2=O)cc1. The molecule has 0 saturated carbocycles. The third kappa shape index (κ3) is 3.38. The molecule has 2 amide bonds. The van der Waals surface area contributed by atoms with Crippen LogP contribution in [0.2, 0.25) is 0 Å². The largest absolute Gasteiger partial charge is 0.465 e. The molecule has 1 saturated heterocycles. The Balaban J connectivity index is 1.76. The monoisotopic (exact) mass is 338 g/mol. The quantitative estimate of drug-likeness (QED) is 0.685. The van der Waals surface area contributed by atoms with Crippen LogP contribution in [0, 0.1) is 6.92 Å². The molecule has 0 spiro atoms. The van der Waals surface area contributed by atoms with Crippen LogP contribution in [0.3, 0.4) is 0 Å². The van der Waals surface area contributed by atoms with Crippen molar-refractivity contribution in [1.29, 1.82) is 0 Å². The number of anilines is 2. The van der Waals surface area contributed by atoms with E-state index in [0.717, 1.165) is 16.2 Å². The number of rotatable bonds is 4. The summed E-state index contributed by atoms with van der Waals surface area (Å²) in [6.45, 7) is 1.98. The van der Waals surface area contributed by atoms with E-state index in [2.05, 4.69) is 10.1 Å². The summed E-state index contributed by atoms with van der Waals surface area (Å²) in [7, 11) is 1.30. The van der Waals surface area contributed by atoms with E-state index < -0.39 is 12.0 Å². The van der Waals surface area contributed by atoms with Crippen LogP contribution in [0.5, 0.6) is 0 Å². The third-order valence-corrected chi connectivity index (χ3v) is 4.09. The van der Waals surface area contributed by atoms with Gasteiger partial charge in [0, 0.05) is 5.69 Å². The minimum absolute atomic E-state index is 0.0888. The molecule has 0 aromatic heterocycles. The lowest BCUT2D eigenvalue weighted by Gasteiger charge is -2.16. The van der Waals surface area contributed by atoms with Gasteiger partial charge in [-0.05, 0) is 43.3 Å². The zero-order valence-corrected chi connectivity index (χ0v) is 14.0. The van der Waals surface area contributed by atoms with E-state index in [1.165, 1.54) is 19.2 Å². The Bertz CT molecular complexity index is 812. The summed E-state index contributed by atoms with van der Waals surface area (Å²) < 4.78 is 4.64. The van der Waals surface area contributed by atoms with Crippen molar-refractivity contribution in [3.05, 3.63) is 59.7 Å².